The number of carbonyl (C=O) groups is 6. The number of aromatic amines is 1. The van der Waals surface area contributed by atoms with Gasteiger partial charge in [0.05, 0.1) is 54.0 Å². The molecule has 380 valence electrons. The van der Waals surface area contributed by atoms with E-state index in [4.69, 9.17) is 36.2 Å². The van der Waals surface area contributed by atoms with Gasteiger partial charge in [0.25, 0.3) is 5.91 Å². The van der Waals surface area contributed by atoms with Gasteiger partial charge in [-0.25, -0.2) is 14.8 Å². The first-order chi connectivity index (χ1) is 34.1. The molecule has 0 bridgehead atoms. The number of carboxylic acid groups (broad SMARTS) is 2. The lowest BCUT2D eigenvalue weighted by Gasteiger charge is -2.42. The summed E-state index contributed by atoms with van der Waals surface area (Å²) in [4.78, 5) is 89.4. The number of nitrogens with zero attached hydrogens (tertiary/aromatic N) is 3. The van der Waals surface area contributed by atoms with E-state index < -0.39 is 107 Å². The molecule has 1 fully saturated rings. The van der Waals surface area contributed by atoms with Crippen LogP contribution in [0.15, 0.2) is 48.7 Å². The molecule has 2 aromatic heterocycles. The minimum Gasteiger partial charge on any atom is -0.507 e. The highest BCUT2D eigenvalue weighted by Crippen LogP contribution is 2.52. The first-order valence-corrected chi connectivity index (χ1v) is 22.8. The number of hydrogen-bond acceptors (Lipinski definition) is 19. The Morgan fingerprint density at radius 1 is 1.03 bits per heavy atom. The number of amides is 1. The Morgan fingerprint density at radius 2 is 1.72 bits per heavy atom. The van der Waals surface area contributed by atoms with Crippen LogP contribution < -0.4 is 27.1 Å². The van der Waals surface area contributed by atoms with E-state index in [1.807, 2.05) is 6.92 Å². The van der Waals surface area contributed by atoms with Crippen molar-refractivity contribution in [2.45, 2.75) is 114 Å². The van der Waals surface area contributed by atoms with Crippen LogP contribution in [0.2, 0.25) is 0 Å². The molecule has 0 saturated carbocycles. The molecule has 0 spiro atoms. The maximum absolute atomic E-state index is 13.6. The van der Waals surface area contributed by atoms with E-state index in [0.29, 0.717) is 17.6 Å². The molecule has 3 aromatic carbocycles. The number of ketones is 3. The van der Waals surface area contributed by atoms with Crippen molar-refractivity contribution in [1.29, 1.82) is 5.41 Å². The monoisotopic (exact) mass is 994 g/mol. The van der Waals surface area contributed by atoms with E-state index in [0.717, 1.165) is 12.0 Å². The van der Waals surface area contributed by atoms with E-state index in [1.54, 1.807) is 37.4 Å². The van der Waals surface area contributed by atoms with Crippen LogP contribution in [0.5, 0.6) is 17.2 Å². The number of nitrogens with two attached hydrogens (primary N) is 2. The number of nitrogens with one attached hydrogen (secondary N) is 3. The SMILES string of the molecule is CCC(Cc1cnc2nc(=N)[nH]c(N)c2n1)c1ccc(C(=O)N[C@@H](CCC(=O)O)C(=O)O)cc1.COc1cccc2c1C(=O)c1c(O)c3c(c(O)c1C2=O)C[C@@](O)(C(C)=O)C[C@@H]3O[C@H]1C[C@H](N)[C@H](O)[C@H](C)O1. The third kappa shape index (κ3) is 10.4. The van der Waals surface area contributed by atoms with Crippen molar-refractivity contribution in [3.05, 3.63) is 104 Å². The normalized spacial score (nSPS) is 22.0. The molecular formula is C49H54N8O15. The first-order valence-electron chi connectivity index (χ1n) is 22.8. The van der Waals surface area contributed by atoms with E-state index in [2.05, 4.69) is 25.3 Å². The van der Waals surface area contributed by atoms with E-state index >= 15 is 0 Å². The average molecular weight is 995 g/mol. The molecule has 5 aromatic rings. The number of hydrogen-bond donors (Lipinski definition) is 11. The molecule has 2 aliphatic carbocycles. The second kappa shape index (κ2) is 20.9. The summed E-state index contributed by atoms with van der Waals surface area (Å²) < 4.78 is 17.1. The van der Waals surface area contributed by atoms with Gasteiger partial charge < -0.3 is 66.6 Å². The second-order valence-corrected chi connectivity index (χ2v) is 17.9. The van der Waals surface area contributed by atoms with Gasteiger partial charge in [0, 0.05) is 54.0 Å². The molecule has 1 aliphatic heterocycles. The predicted molar refractivity (Wildman–Crippen MR) is 251 cm³/mol. The minimum absolute atomic E-state index is 0.0147. The number of phenols is 2. The standard InChI is InChI=1S/C27H29NO10.C22H25N7O5/c1-10-22(30)14(28)7-17(37-10)38-16-9-27(35,11(2)29)8-13-19(16)26(34)21-20(24(13)32)23(31)12-5-4-6-15(36-3)18(12)25(21)33;1-2-11(9-14-10-25-19-17(26-14)18(23)28-22(24)29-19)12-3-5-13(6-4-12)20(32)27-15(21(33)34)7-8-16(30)31/h4-6,10,14,16-17,22,30,32,34-35H,7-9,28H2,1-3H3;3-6,10-11,15H,2,7-9H2,1H3,(H,27,32)(H,30,31)(H,33,34)(H4,23,24,25,28,29)/t10-,14-,16-,17-,22+,27-;11?,15-/m00/s1. The molecule has 8 rings (SSSR count). The number of fused-ring (bicyclic) bond motifs is 4. The number of ether oxygens (including phenoxy) is 3. The summed E-state index contributed by atoms with van der Waals surface area (Å²) in [6, 6.07) is 9.24. The van der Waals surface area contributed by atoms with Gasteiger partial charge in [-0.05, 0) is 62.8 Å². The van der Waals surface area contributed by atoms with Crippen LogP contribution in [0.25, 0.3) is 11.2 Å². The fraction of sp³-hybridized carbons (Fsp3) is 0.388. The number of aliphatic hydroxyl groups is 2. The van der Waals surface area contributed by atoms with Gasteiger partial charge in [-0.15, -0.1) is 0 Å². The third-order valence-electron chi connectivity index (χ3n) is 13.2. The third-order valence-corrected chi connectivity index (χ3v) is 13.2. The summed E-state index contributed by atoms with van der Waals surface area (Å²) in [7, 11) is 1.34. The van der Waals surface area contributed by atoms with Crippen LogP contribution in [0, 0.1) is 5.41 Å². The Morgan fingerprint density at radius 3 is 2.35 bits per heavy atom. The molecule has 8 atom stereocenters. The number of nitrogen functional groups attached to an aromatic ring is 1. The summed E-state index contributed by atoms with van der Waals surface area (Å²) in [5.74, 6) is -5.91. The van der Waals surface area contributed by atoms with Crippen molar-refractivity contribution >= 4 is 52.2 Å². The summed E-state index contributed by atoms with van der Waals surface area (Å²) in [5, 5.41) is 72.0. The quantitative estimate of drug-likeness (QED) is 0.0697. The van der Waals surface area contributed by atoms with Crippen LogP contribution in [0.4, 0.5) is 5.82 Å². The molecule has 1 amide bonds. The van der Waals surface area contributed by atoms with E-state index in [-0.39, 0.29) is 82.3 Å². The van der Waals surface area contributed by atoms with Crippen molar-refractivity contribution in [3.8, 4) is 17.2 Å². The number of rotatable bonds is 14. The van der Waals surface area contributed by atoms with Crippen LogP contribution in [0.1, 0.15) is 129 Å². The van der Waals surface area contributed by atoms with Gasteiger partial charge in [0.2, 0.25) is 11.4 Å². The van der Waals surface area contributed by atoms with Crippen molar-refractivity contribution in [1.82, 2.24) is 25.3 Å². The first kappa shape index (κ1) is 52.1. The molecular weight excluding hydrogens is 941 g/mol. The highest BCUT2D eigenvalue weighted by molar-refractivity contribution is 6.31. The number of carbonyl (C=O) groups excluding carboxylic acids is 4. The van der Waals surface area contributed by atoms with Crippen molar-refractivity contribution in [2.75, 3.05) is 12.8 Å². The number of aromatic nitrogens is 4. The zero-order valence-electron chi connectivity index (χ0n) is 39.5. The molecule has 1 saturated heterocycles. The zero-order valence-corrected chi connectivity index (χ0v) is 39.5. The Hall–Kier alpha value is -7.70. The lowest BCUT2D eigenvalue weighted by Crippen LogP contribution is -2.52. The van der Waals surface area contributed by atoms with Crippen molar-refractivity contribution < 1.29 is 73.6 Å². The van der Waals surface area contributed by atoms with E-state index in [1.165, 1.54) is 32.2 Å². The minimum atomic E-state index is -2.00. The zero-order chi connectivity index (χ0) is 52.5. The van der Waals surface area contributed by atoms with Crippen molar-refractivity contribution in [2.24, 2.45) is 5.73 Å². The topological polar surface area (TPSA) is 394 Å². The number of anilines is 1. The molecule has 72 heavy (non-hydrogen) atoms. The molecule has 0 radical (unpaired) electrons. The number of aliphatic hydroxyl groups excluding tert-OH is 1. The number of phenolic OH excluding ortho intramolecular Hbond substituents is 2. The lowest BCUT2D eigenvalue weighted by molar-refractivity contribution is -0.247. The highest BCUT2D eigenvalue weighted by atomic mass is 16.7. The van der Waals surface area contributed by atoms with Gasteiger partial charge in [-0.3, -0.25) is 29.4 Å². The number of methoxy groups -OCH3 is 1. The summed E-state index contributed by atoms with van der Waals surface area (Å²) in [6.07, 6.45) is -2.16. The Balaban J connectivity index is 0.000000213. The maximum atomic E-state index is 13.6. The summed E-state index contributed by atoms with van der Waals surface area (Å²) in [6.45, 7) is 4.81. The van der Waals surface area contributed by atoms with Crippen LogP contribution in [-0.4, -0.2) is 129 Å². The number of aliphatic carboxylic acids is 2. The lowest BCUT2D eigenvalue weighted by atomic mass is 9.72. The number of benzene rings is 3. The molecule has 1 unspecified atom stereocenters. The Bertz CT molecular complexity index is 3040. The predicted octanol–water partition coefficient (Wildman–Crippen LogP) is 2.23. The number of Topliss-reactive ketones (excluding diaryl/α,β-unsaturated/α-hetero) is 1. The molecule has 23 nitrogen and oxygen atoms in total. The number of aromatic hydroxyl groups is 2. The average Bonchev–Trinajstić information content (AvgIpc) is 3.33. The van der Waals surface area contributed by atoms with Gasteiger partial charge >= 0.3 is 11.9 Å². The summed E-state index contributed by atoms with van der Waals surface area (Å²) >= 11 is 0. The maximum Gasteiger partial charge on any atom is 0.326 e. The van der Waals surface area contributed by atoms with Gasteiger partial charge in [-0.2, -0.15) is 4.98 Å². The van der Waals surface area contributed by atoms with Gasteiger partial charge in [0.15, 0.2) is 23.5 Å². The van der Waals surface area contributed by atoms with Crippen LogP contribution in [0.3, 0.4) is 0 Å². The molecule has 23 heteroatoms. The largest absolute Gasteiger partial charge is 0.507 e. The van der Waals surface area contributed by atoms with Crippen molar-refractivity contribution in [3.63, 3.8) is 0 Å². The summed E-state index contributed by atoms with van der Waals surface area (Å²) in [5.41, 5.74) is 11.4. The Labute approximate surface area is 409 Å². The number of H-pyrrole nitrogens is 1. The second-order valence-electron chi connectivity index (χ2n) is 17.9. The molecule has 3 heterocycles. The fourth-order valence-electron chi connectivity index (χ4n) is 9.18. The molecule has 3 aliphatic rings. The van der Waals surface area contributed by atoms with Gasteiger partial charge in [0.1, 0.15) is 40.2 Å². The molecule has 13 N–H and O–H groups in total. The number of carboxylic acids is 2. The van der Waals surface area contributed by atoms with Crippen LogP contribution in [-0.2, 0) is 36.7 Å². The van der Waals surface area contributed by atoms with Crippen LogP contribution >= 0.6 is 0 Å². The smallest absolute Gasteiger partial charge is 0.326 e. The van der Waals surface area contributed by atoms with Gasteiger partial charge in [-0.1, -0.05) is 31.2 Å². The van der Waals surface area contributed by atoms with E-state index in [9.17, 15) is 54.3 Å². The fourth-order valence-corrected chi connectivity index (χ4v) is 9.18. The highest BCUT2D eigenvalue weighted by Gasteiger charge is 2.49. The Kier molecular flexibility index (Phi) is 15.2.